The summed E-state index contributed by atoms with van der Waals surface area (Å²) in [6, 6.07) is 0. The van der Waals surface area contributed by atoms with Crippen LogP contribution in [0.3, 0.4) is 0 Å². The average Bonchev–Trinajstić information content (AvgIpc) is 2.42. The zero-order valence-corrected chi connectivity index (χ0v) is 13.5. The predicted octanol–water partition coefficient (Wildman–Crippen LogP) is 2.16. The van der Waals surface area contributed by atoms with Gasteiger partial charge in [0.25, 0.3) is 0 Å². The quantitative estimate of drug-likeness (QED) is 0.725. The molecule has 4 aliphatic carbocycles. The highest BCUT2D eigenvalue weighted by Crippen LogP contribution is 2.60. The second kappa shape index (κ2) is 5.42. The fourth-order valence-electron chi connectivity index (χ4n) is 5.35. The number of halogens is 2. The molecule has 1 atom stereocenters. The summed E-state index contributed by atoms with van der Waals surface area (Å²) in [7, 11) is 0. The summed E-state index contributed by atoms with van der Waals surface area (Å²) in [5.41, 5.74) is -0.677. The number of alkyl halides is 2. The maximum absolute atomic E-state index is 13.9. The van der Waals surface area contributed by atoms with Gasteiger partial charge in [-0.25, -0.2) is 0 Å². The van der Waals surface area contributed by atoms with Gasteiger partial charge < -0.3 is 14.6 Å². The van der Waals surface area contributed by atoms with Crippen molar-refractivity contribution in [2.75, 3.05) is 0 Å². The van der Waals surface area contributed by atoms with Gasteiger partial charge in [0, 0.05) is 0 Å². The van der Waals surface area contributed by atoms with Crippen LogP contribution in [0.1, 0.15) is 52.4 Å². The van der Waals surface area contributed by atoms with Crippen molar-refractivity contribution in [3.05, 3.63) is 0 Å². The van der Waals surface area contributed by atoms with Crippen molar-refractivity contribution >= 4 is 11.9 Å². The van der Waals surface area contributed by atoms with Crippen LogP contribution in [0, 0.1) is 29.1 Å². The number of aliphatic carboxylic acids is 1. The van der Waals surface area contributed by atoms with E-state index in [2.05, 4.69) is 0 Å². The number of rotatable bonds is 5. The van der Waals surface area contributed by atoms with Crippen molar-refractivity contribution in [3.63, 3.8) is 0 Å². The second-order valence-electron chi connectivity index (χ2n) is 8.18. The van der Waals surface area contributed by atoms with Crippen molar-refractivity contribution < 1.29 is 28.2 Å². The van der Waals surface area contributed by atoms with Gasteiger partial charge in [-0.1, -0.05) is 13.8 Å². The first-order chi connectivity index (χ1) is 10.6. The first kappa shape index (κ1) is 16.7. The molecule has 0 spiro atoms. The number of hydrogen-bond acceptors (Lipinski definition) is 4. The molecule has 4 rings (SSSR count). The minimum atomic E-state index is -4.17. The van der Waals surface area contributed by atoms with E-state index in [4.69, 9.17) is 4.74 Å². The van der Waals surface area contributed by atoms with Gasteiger partial charge in [-0.3, -0.25) is 4.79 Å². The van der Waals surface area contributed by atoms with Crippen molar-refractivity contribution in [2.45, 2.75) is 64.4 Å². The summed E-state index contributed by atoms with van der Waals surface area (Å²) >= 11 is 0. The lowest BCUT2D eigenvalue weighted by Gasteiger charge is -2.55. The molecule has 0 aromatic carbocycles. The second-order valence-corrected chi connectivity index (χ2v) is 8.18. The number of carbonyl (C=O) groups excluding carboxylic acids is 2. The van der Waals surface area contributed by atoms with Gasteiger partial charge in [0.1, 0.15) is 5.97 Å². The SMILES string of the molecule is CC(C)C(OC(=O)C12CC3CC(CC(C3)C1)C2)C(F)(F)C(=O)[O-]. The summed E-state index contributed by atoms with van der Waals surface area (Å²) in [4.78, 5) is 23.5. The Labute approximate surface area is 134 Å². The molecule has 1 unspecified atom stereocenters. The first-order valence-electron chi connectivity index (χ1n) is 8.44. The lowest BCUT2D eigenvalue weighted by Crippen LogP contribution is -2.56. The molecule has 4 aliphatic rings. The third kappa shape index (κ3) is 2.74. The number of esters is 1. The van der Waals surface area contributed by atoms with Crippen LogP contribution in [0.15, 0.2) is 0 Å². The molecule has 4 fully saturated rings. The normalized spacial score (nSPS) is 37.0. The van der Waals surface area contributed by atoms with Crippen LogP contribution in [0.4, 0.5) is 8.78 Å². The van der Waals surface area contributed by atoms with E-state index >= 15 is 0 Å². The molecule has 4 saturated carbocycles. The third-order valence-corrected chi connectivity index (χ3v) is 5.94. The smallest absolute Gasteiger partial charge is 0.323 e. The molecule has 0 heterocycles. The van der Waals surface area contributed by atoms with Gasteiger partial charge in [0.2, 0.25) is 0 Å². The predicted molar refractivity (Wildman–Crippen MR) is 75.3 cm³/mol. The van der Waals surface area contributed by atoms with Gasteiger partial charge in [-0.2, -0.15) is 8.78 Å². The number of carboxylic acids is 1. The maximum Gasteiger partial charge on any atom is 0.323 e. The highest BCUT2D eigenvalue weighted by atomic mass is 19.3. The lowest BCUT2D eigenvalue weighted by molar-refractivity contribution is -0.338. The molecule has 23 heavy (non-hydrogen) atoms. The first-order valence-corrected chi connectivity index (χ1v) is 8.44. The molecule has 6 heteroatoms. The van der Waals surface area contributed by atoms with Crippen molar-refractivity contribution in [1.29, 1.82) is 0 Å². The Kier molecular flexibility index (Phi) is 3.92. The van der Waals surface area contributed by atoms with E-state index in [1.165, 1.54) is 13.8 Å². The number of carboxylic acid groups (broad SMARTS) is 1. The van der Waals surface area contributed by atoms with Gasteiger partial charge >= 0.3 is 11.9 Å². The van der Waals surface area contributed by atoms with Crippen LogP contribution in [0.5, 0.6) is 0 Å². The fourth-order valence-corrected chi connectivity index (χ4v) is 5.35. The lowest BCUT2D eigenvalue weighted by atomic mass is 9.49. The highest BCUT2D eigenvalue weighted by Gasteiger charge is 2.57. The van der Waals surface area contributed by atoms with Crippen molar-refractivity contribution in [3.8, 4) is 0 Å². The molecule has 0 radical (unpaired) electrons. The summed E-state index contributed by atoms with van der Waals surface area (Å²) < 4.78 is 32.8. The summed E-state index contributed by atoms with van der Waals surface area (Å²) in [5.74, 6) is -6.66. The Morgan fingerprint density at radius 3 is 1.87 bits per heavy atom. The Morgan fingerprint density at radius 1 is 1.09 bits per heavy atom. The maximum atomic E-state index is 13.9. The summed E-state index contributed by atoms with van der Waals surface area (Å²) in [6.07, 6.45) is 3.46. The Balaban J connectivity index is 1.79. The van der Waals surface area contributed by atoms with E-state index in [-0.39, 0.29) is 0 Å². The molecular formula is C17H23F2O4-. The largest absolute Gasteiger partial charge is 0.544 e. The van der Waals surface area contributed by atoms with Crippen LogP contribution in [0.2, 0.25) is 0 Å². The number of hydrogen-bond donors (Lipinski definition) is 0. The van der Waals surface area contributed by atoms with Crippen LogP contribution in [-0.2, 0) is 14.3 Å². The van der Waals surface area contributed by atoms with Gasteiger partial charge in [-0.05, 0) is 62.2 Å². The molecular weight excluding hydrogens is 306 g/mol. The monoisotopic (exact) mass is 329 g/mol. The molecule has 0 N–H and O–H groups in total. The van der Waals surface area contributed by atoms with Gasteiger partial charge in [0.05, 0.1) is 5.41 Å². The Morgan fingerprint density at radius 2 is 1.52 bits per heavy atom. The Bertz CT molecular complexity index is 479. The molecule has 4 bridgehead atoms. The average molecular weight is 329 g/mol. The van der Waals surface area contributed by atoms with E-state index in [0.717, 1.165) is 19.3 Å². The topological polar surface area (TPSA) is 66.4 Å². The van der Waals surface area contributed by atoms with Gasteiger partial charge in [0.15, 0.2) is 6.10 Å². The minimum absolute atomic E-state index is 0.480. The van der Waals surface area contributed by atoms with E-state index in [0.29, 0.717) is 37.0 Å². The molecule has 0 aliphatic heterocycles. The molecule has 0 aromatic heterocycles. The van der Waals surface area contributed by atoms with Crippen LogP contribution in [-0.4, -0.2) is 24.0 Å². The number of ether oxygens (including phenoxy) is 1. The highest BCUT2D eigenvalue weighted by molar-refractivity contribution is 5.79. The molecule has 0 saturated heterocycles. The zero-order valence-electron chi connectivity index (χ0n) is 13.5. The van der Waals surface area contributed by atoms with Crippen molar-refractivity contribution in [1.82, 2.24) is 0 Å². The van der Waals surface area contributed by atoms with E-state index < -0.39 is 35.3 Å². The van der Waals surface area contributed by atoms with Gasteiger partial charge in [-0.15, -0.1) is 0 Å². The summed E-state index contributed by atoms with van der Waals surface area (Å²) in [6.45, 7) is 2.85. The van der Waals surface area contributed by atoms with Crippen LogP contribution in [0.25, 0.3) is 0 Å². The molecule has 130 valence electrons. The molecule has 0 aromatic rings. The number of carbonyl (C=O) groups is 2. The van der Waals surface area contributed by atoms with Crippen LogP contribution < -0.4 is 5.11 Å². The minimum Gasteiger partial charge on any atom is -0.544 e. The van der Waals surface area contributed by atoms with E-state index in [1.807, 2.05) is 0 Å². The Hall–Kier alpha value is -1.20. The fraction of sp³-hybridized carbons (Fsp3) is 0.882. The van der Waals surface area contributed by atoms with E-state index in [9.17, 15) is 23.5 Å². The molecule has 0 amide bonds. The molecule has 4 nitrogen and oxygen atoms in total. The van der Waals surface area contributed by atoms with E-state index in [1.54, 1.807) is 0 Å². The van der Waals surface area contributed by atoms with Crippen LogP contribution >= 0.6 is 0 Å². The van der Waals surface area contributed by atoms with Crippen molar-refractivity contribution in [2.24, 2.45) is 29.1 Å². The standard InChI is InChI=1S/C17H24F2O4/c1-9(2)13(17(18,19)14(20)21)23-15(22)16-6-10-3-11(7-16)5-12(4-10)8-16/h9-13H,3-8H2,1-2H3,(H,20,21)/p-1. The summed E-state index contributed by atoms with van der Waals surface area (Å²) in [5, 5.41) is 10.7. The zero-order chi connectivity index (χ0) is 17.0. The third-order valence-electron chi connectivity index (χ3n) is 5.94.